The number of carbonyl (C=O) groups excluding carboxylic acids is 5. The Labute approximate surface area is 624 Å². The van der Waals surface area contributed by atoms with E-state index >= 15 is 0 Å². The molecule has 19 nitrogen and oxygen atoms in total. The van der Waals surface area contributed by atoms with Gasteiger partial charge in [-0.25, -0.2) is 18.4 Å². The number of rotatable bonds is 21. The highest BCUT2D eigenvalue weighted by atomic mass is 35.5. The molecule has 6 aliphatic rings. The van der Waals surface area contributed by atoms with Gasteiger partial charge in [0.05, 0.1) is 11.7 Å². The van der Waals surface area contributed by atoms with E-state index in [-0.39, 0.29) is 65.1 Å². The van der Waals surface area contributed by atoms with Gasteiger partial charge in [0.2, 0.25) is 17.7 Å². The first-order chi connectivity index (χ1) is 50.4. The van der Waals surface area contributed by atoms with Crippen LogP contribution in [0.1, 0.15) is 154 Å². The number of aromatic nitrogens is 4. The van der Waals surface area contributed by atoms with Gasteiger partial charge in [-0.15, -0.1) is 0 Å². The van der Waals surface area contributed by atoms with Crippen LogP contribution in [0.4, 0.5) is 35.6 Å². The monoisotopic (exact) mass is 1450 g/mol. The second-order valence-corrected chi connectivity index (χ2v) is 30.8. The number of amides is 7. The first-order valence-electron chi connectivity index (χ1n) is 38.3. The number of nitrogens with two attached hydrogens (primary N) is 1. The number of hydrogen-bond acceptors (Lipinski definition) is 10. The van der Waals surface area contributed by atoms with E-state index in [2.05, 4.69) is 51.3 Å². The molecule has 6 heterocycles. The van der Waals surface area contributed by atoms with Gasteiger partial charge < -0.3 is 46.2 Å². The van der Waals surface area contributed by atoms with E-state index < -0.39 is 0 Å². The number of likely N-dealkylation sites (tertiary alicyclic amines) is 4. The van der Waals surface area contributed by atoms with Gasteiger partial charge in [-0.2, -0.15) is 10.2 Å². The predicted octanol–water partition coefficient (Wildman–Crippen LogP) is 15.2. The van der Waals surface area contributed by atoms with Crippen molar-refractivity contribution in [2.75, 3.05) is 94.1 Å². The van der Waals surface area contributed by atoms with E-state index in [0.717, 1.165) is 164 Å². The molecule has 104 heavy (non-hydrogen) atoms. The van der Waals surface area contributed by atoms with Gasteiger partial charge in [0.1, 0.15) is 11.6 Å². The number of H-pyrrole nitrogens is 1. The van der Waals surface area contributed by atoms with E-state index in [4.69, 9.17) is 17.3 Å². The number of primary amides is 1. The van der Waals surface area contributed by atoms with Crippen molar-refractivity contribution >= 4 is 69.5 Å². The minimum Gasteiger partial charge on any atom is -0.366 e. The molecule has 7 N–H and O–H groups in total. The molecule has 4 saturated heterocycles. The van der Waals surface area contributed by atoms with Gasteiger partial charge in [0.25, 0.3) is 0 Å². The van der Waals surface area contributed by atoms with Gasteiger partial charge in [-0.3, -0.25) is 29.5 Å². The number of nitrogens with zero attached hydrogens (tertiary/aromatic N) is 8. The zero-order chi connectivity index (χ0) is 72.9. The summed E-state index contributed by atoms with van der Waals surface area (Å²) in [5.74, 6) is 2.79. The number of hydrogen-bond donors (Lipinski definition) is 6. The lowest BCUT2D eigenvalue weighted by Crippen LogP contribution is -2.49. The highest BCUT2D eigenvalue weighted by molar-refractivity contribution is 6.31. The van der Waals surface area contributed by atoms with Crippen molar-refractivity contribution in [3.8, 4) is 0 Å². The molecule has 1 unspecified atom stereocenters. The van der Waals surface area contributed by atoms with Gasteiger partial charge >= 0.3 is 12.1 Å². The van der Waals surface area contributed by atoms with E-state index in [1.54, 1.807) is 48.1 Å². The fraction of sp³-hybridized carbons (Fsp3) is 0.524. The molecule has 6 fully saturated rings. The number of anilines is 3. The lowest BCUT2D eigenvalue weighted by Gasteiger charge is -2.39. The SMILES string of the molecule is CC(=O)N1CCC(C(=O)N(CCCN2CCC(Cc3ccc(C(N)=O)cc3)CC2)c2ccc(C)c(Cl)c2)CC1.Cn1ccc(NC(=O)N[C@@H]2CCCC[C@H]2CN2CCC[C@@H](Cc3ccc(F)cc3)C2)n1.O=C(Nc1ccc2[nH]ncc2c1)N[C@@H]1CCCC[C@H]1CN1CCCC(Cc2ccc(F)cc2)C1.[HH].[HH].[HH].[HH]. The Morgan fingerprint density at radius 2 is 1.17 bits per heavy atom. The molecule has 0 radical (unpaired) electrons. The highest BCUT2D eigenvalue weighted by Crippen LogP contribution is 2.33. The van der Waals surface area contributed by atoms with Crippen molar-refractivity contribution in [1.29, 1.82) is 0 Å². The molecular weight excluding hydrogens is 1330 g/mol. The summed E-state index contributed by atoms with van der Waals surface area (Å²) in [6.07, 6.45) is 25.2. The predicted molar refractivity (Wildman–Crippen MR) is 418 cm³/mol. The maximum atomic E-state index is 13.7. The second-order valence-electron chi connectivity index (χ2n) is 30.4. The molecule has 5 aromatic carbocycles. The molecule has 7 aromatic rings. The number of halogens is 3. The van der Waals surface area contributed by atoms with E-state index in [9.17, 15) is 32.8 Å². The van der Waals surface area contributed by atoms with Gasteiger partial charge in [-0.1, -0.05) is 79.7 Å². The molecule has 7 amide bonds. The number of fused-ring (bicyclic) bond motifs is 1. The van der Waals surface area contributed by atoms with Crippen LogP contribution in [0.15, 0.2) is 128 Å². The van der Waals surface area contributed by atoms with Crippen molar-refractivity contribution in [2.24, 2.45) is 48.3 Å². The van der Waals surface area contributed by atoms with Crippen molar-refractivity contribution < 1.29 is 38.5 Å². The number of nitrogens with one attached hydrogen (secondary N) is 5. The summed E-state index contributed by atoms with van der Waals surface area (Å²) in [6.45, 7) is 15.0. The molecule has 566 valence electrons. The Morgan fingerprint density at radius 3 is 1.72 bits per heavy atom. The smallest absolute Gasteiger partial charge is 0.320 e. The normalized spacial score (nSPS) is 21.5. The van der Waals surface area contributed by atoms with Crippen LogP contribution >= 0.6 is 11.6 Å². The topological polar surface area (TPSA) is 222 Å². The Morgan fingerprint density at radius 1 is 0.615 bits per heavy atom. The van der Waals surface area contributed by atoms with Crippen LogP contribution in [0.25, 0.3) is 10.9 Å². The van der Waals surface area contributed by atoms with E-state index in [0.29, 0.717) is 78.5 Å². The lowest BCUT2D eigenvalue weighted by atomic mass is 9.83. The first kappa shape index (κ1) is 76.9. The zero-order valence-electron chi connectivity index (χ0n) is 61.2. The number of urea groups is 2. The zero-order valence-corrected chi connectivity index (χ0v) is 62.0. The Hall–Kier alpha value is -8.24. The number of aromatic amines is 1. The molecule has 13 rings (SSSR count). The van der Waals surface area contributed by atoms with E-state index in [1.165, 1.54) is 55.2 Å². The van der Waals surface area contributed by atoms with Crippen LogP contribution in [0, 0.1) is 54.1 Å². The van der Waals surface area contributed by atoms with Crippen molar-refractivity contribution in [1.82, 2.24) is 50.2 Å². The Bertz CT molecular complexity index is 3920. The fourth-order valence-electron chi connectivity index (χ4n) is 16.7. The molecule has 6 atom stereocenters. The van der Waals surface area contributed by atoms with Crippen LogP contribution in [0.5, 0.6) is 0 Å². The minimum absolute atomic E-state index is 0. The maximum absolute atomic E-state index is 13.7. The van der Waals surface area contributed by atoms with Crippen molar-refractivity contribution in [3.05, 3.63) is 172 Å². The van der Waals surface area contributed by atoms with Gasteiger partial charge in [-0.05, 0) is 261 Å². The lowest BCUT2D eigenvalue weighted by molar-refractivity contribution is -0.133. The molecule has 2 saturated carbocycles. The third kappa shape index (κ3) is 23.1. The van der Waals surface area contributed by atoms with Crippen LogP contribution in [-0.2, 0) is 35.9 Å². The summed E-state index contributed by atoms with van der Waals surface area (Å²) in [4.78, 5) is 73.4. The minimum atomic E-state index is -0.390. The van der Waals surface area contributed by atoms with Crippen LogP contribution in [-0.4, -0.2) is 160 Å². The summed E-state index contributed by atoms with van der Waals surface area (Å²) >= 11 is 6.44. The second kappa shape index (κ2) is 38.2. The maximum Gasteiger partial charge on any atom is 0.320 e. The van der Waals surface area contributed by atoms with Gasteiger partial charge in [0.15, 0.2) is 5.82 Å². The average Bonchev–Trinajstić information content (AvgIpc) is 1.21. The first-order valence-corrected chi connectivity index (χ1v) is 38.7. The van der Waals surface area contributed by atoms with Crippen molar-refractivity contribution in [3.63, 3.8) is 0 Å². The standard InChI is InChI=1S/C31H41ClN4O3.C27H34FN5O.C24H34FN5O.4H2/c1-22-4-9-28(21-29(22)32)36(31(39)27-12-18-35(19-13-27)23(2)37)15-3-14-34-16-10-25(11-17-34)20-24-5-7-26(8-6-24)30(33)38;28-23-9-7-19(8-10-23)14-20-4-3-13-33(17-20)18-21-5-1-2-6-25(21)31-27(34)30-24-11-12-26-22(15-24)16-29-32-26;1-29-14-12-23(28-29)27-24(31)26-22-7-3-2-6-20(22)17-30-13-4-5-19(16-30)15-18-8-10-21(25)11-9-18;;;;/h4-9,21,25,27H,3,10-20H2,1-2H3,(H2,33,38);7-12,15-16,20-21,25H,1-6,13-14,17-18H2,(H,29,32)(H2,30,31,34);8-12,14,19-20,22H,2-7,13,15-17H2,1H3,(H2,26,27,28,31);4*1H/t;20?,21-,25+;19-,20-,22+;;;;/m.00..../s1. The Kier molecular flexibility index (Phi) is 28.2. The molecule has 0 bridgehead atoms. The highest BCUT2D eigenvalue weighted by Gasteiger charge is 2.34. The quantitative estimate of drug-likeness (QED) is 0.0399. The molecule has 22 heteroatoms. The van der Waals surface area contributed by atoms with E-state index in [1.807, 2.05) is 115 Å². The van der Waals surface area contributed by atoms with Crippen LogP contribution in [0.2, 0.25) is 5.02 Å². The molecule has 0 spiro atoms. The summed E-state index contributed by atoms with van der Waals surface area (Å²) in [6, 6.07) is 35.1. The number of carbonyl (C=O) groups is 5. The van der Waals surface area contributed by atoms with Crippen molar-refractivity contribution in [2.45, 2.75) is 154 Å². The largest absolute Gasteiger partial charge is 0.366 e. The summed E-state index contributed by atoms with van der Waals surface area (Å²) < 4.78 is 28.1. The number of piperidine rings is 4. The number of benzene rings is 5. The fourth-order valence-corrected chi connectivity index (χ4v) is 16.9. The molecular formula is C82H117ClF2N14O5. The molecule has 2 aromatic heterocycles. The van der Waals surface area contributed by atoms with Crippen LogP contribution in [0.3, 0.4) is 0 Å². The third-order valence-corrected chi connectivity index (χ3v) is 22.9. The van der Waals surface area contributed by atoms with Crippen LogP contribution < -0.4 is 31.9 Å². The molecule has 4 aliphatic heterocycles. The molecule has 2 aliphatic carbocycles. The summed E-state index contributed by atoms with van der Waals surface area (Å²) in [5, 5.41) is 25.2. The summed E-state index contributed by atoms with van der Waals surface area (Å²) in [5.41, 5.74) is 13.2. The number of aryl methyl sites for hydroxylation is 2. The Balaban J connectivity index is 0.000000223. The van der Waals surface area contributed by atoms with Gasteiger partial charge in [0, 0.05) is 123 Å². The average molecular weight is 1450 g/mol. The summed E-state index contributed by atoms with van der Waals surface area (Å²) in [7, 11) is 1.84. The third-order valence-electron chi connectivity index (χ3n) is 22.5.